The van der Waals surface area contributed by atoms with E-state index < -0.39 is 5.82 Å². The topological polar surface area (TPSA) is 63.8 Å². The van der Waals surface area contributed by atoms with Crippen molar-refractivity contribution in [1.82, 2.24) is 9.97 Å². The van der Waals surface area contributed by atoms with Crippen molar-refractivity contribution in [1.29, 1.82) is 0 Å². The first kappa shape index (κ1) is 15.0. The Morgan fingerprint density at radius 2 is 2.05 bits per heavy atom. The van der Waals surface area contributed by atoms with Crippen LogP contribution < -0.4 is 11.1 Å². The van der Waals surface area contributed by atoms with E-state index in [9.17, 15) is 4.39 Å². The van der Waals surface area contributed by atoms with Gasteiger partial charge in [-0.25, -0.2) is 14.4 Å². The van der Waals surface area contributed by atoms with E-state index in [2.05, 4.69) is 31.2 Å². The van der Waals surface area contributed by atoms with Gasteiger partial charge in [-0.2, -0.15) is 0 Å². The third kappa shape index (κ3) is 3.02. The number of hydrogen-bond donors (Lipinski definition) is 2. The molecule has 0 fully saturated rings. The van der Waals surface area contributed by atoms with E-state index in [1.807, 2.05) is 13.8 Å². The minimum Gasteiger partial charge on any atom is -0.383 e. The number of aromatic nitrogens is 2. The minimum absolute atomic E-state index is 0.136. The minimum atomic E-state index is -0.418. The summed E-state index contributed by atoms with van der Waals surface area (Å²) in [7, 11) is 0. The Bertz CT molecular complexity index is 625. The second-order valence-electron chi connectivity index (χ2n) is 4.55. The molecule has 0 bridgehead atoms. The highest BCUT2D eigenvalue weighted by atomic mass is 79.9. The second kappa shape index (κ2) is 5.93. The van der Waals surface area contributed by atoms with Crippen LogP contribution in [-0.4, -0.2) is 9.97 Å². The number of rotatable bonds is 3. The van der Waals surface area contributed by atoms with Gasteiger partial charge in [0.1, 0.15) is 23.8 Å². The molecule has 0 radical (unpaired) electrons. The molecule has 2 rings (SSSR count). The lowest BCUT2D eigenvalue weighted by Crippen LogP contribution is -2.07. The zero-order valence-electron chi connectivity index (χ0n) is 10.9. The third-order valence-electron chi connectivity index (χ3n) is 2.74. The van der Waals surface area contributed by atoms with E-state index in [-0.39, 0.29) is 10.9 Å². The molecule has 0 saturated heterocycles. The molecule has 1 heterocycles. The van der Waals surface area contributed by atoms with Crippen LogP contribution in [0, 0.1) is 5.82 Å². The highest BCUT2D eigenvalue weighted by Gasteiger charge is 2.16. The molecule has 0 aliphatic heterocycles. The number of nitrogen functional groups attached to an aromatic ring is 1. The predicted octanol–water partition coefficient (Wildman–Crippen LogP) is 4.48. The van der Waals surface area contributed by atoms with Gasteiger partial charge in [-0.3, -0.25) is 0 Å². The van der Waals surface area contributed by atoms with Crippen LogP contribution in [0.4, 0.5) is 21.7 Å². The van der Waals surface area contributed by atoms with Gasteiger partial charge in [0.05, 0.1) is 10.7 Å². The Balaban J connectivity index is 2.48. The van der Waals surface area contributed by atoms with Crippen molar-refractivity contribution in [2.24, 2.45) is 0 Å². The molecule has 0 amide bonds. The summed E-state index contributed by atoms with van der Waals surface area (Å²) in [4.78, 5) is 8.17. The van der Waals surface area contributed by atoms with Gasteiger partial charge in [-0.1, -0.05) is 25.4 Å². The summed E-state index contributed by atoms with van der Waals surface area (Å²) < 4.78 is 13.7. The molecule has 106 valence electrons. The number of halogens is 3. The first-order valence-electron chi connectivity index (χ1n) is 5.92. The van der Waals surface area contributed by atoms with Crippen molar-refractivity contribution in [2.75, 3.05) is 11.1 Å². The van der Waals surface area contributed by atoms with Gasteiger partial charge in [-0.05, 0) is 34.0 Å². The molecule has 0 unspecified atom stereocenters. The number of benzene rings is 1. The summed E-state index contributed by atoms with van der Waals surface area (Å²) in [6, 6.07) is 2.56. The highest BCUT2D eigenvalue weighted by Crippen LogP contribution is 2.36. The maximum Gasteiger partial charge on any atom is 0.139 e. The monoisotopic (exact) mass is 358 g/mol. The summed E-state index contributed by atoms with van der Waals surface area (Å²) in [5.74, 6) is 0.684. The van der Waals surface area contributed by atoms with E-state index >= 15 is 0 Å². The van der Waals surface area contributed by atoms with Crippen LogP contribution in [0.5, 0.6) is 0 Å². The number of nitrogens with one attached hydrogen (secondary N) is 1. The zero-order valence-corrected chi connectivity index (χ0v) is 13.3. The zero-order chi connectivity index (χ0) is 14.9. The SMILES string of the molecule is CC(C)c1c(N)ncnc1Nc1c(Cl)cc(F)cc1Br. The molecule has 1 aromatic heterocycles. The number of hydrogen-bond acceptors (Lipinski definition) is 4. The van der Waals surface area contributed by atoms with Crippen molar-refractivity contribution >= 4 is 44.9 Å². The molecule has 0 aliphatic rings. The smallest absolute Gasteiger partial charge is 0.139 e. The molecule has 0 saturated carbocycles. The Hall–Kier alpha value is -1.40. The first-order chi connectivity index (χ1) is 9.40. The second-order valence-corrected chi connectivity index (χ2v) is 5.81. The number of nitrogens with two attached hydrogens (primary N) is 1. The van der Waals surface area contributed by atoms with Crippen molar-refractivity contribution in [3.05, 3.63) is 39.3 Å². The summed E-state index contributed by atoms with van der Waals surface area (Å²) in [5.41, 5.74) is 7.21. The summed E-state index contributed by atoms with van der Waals surface area (Å²) in [6.07, 6.45) is 1.37. The normalized spacial score (nSPS) is 10.9. The molecular formula is C13H13BrClFN4. The Morgan fingerprint density at radius 3 is 2.65 bits per heavy atom. The molecule has 4 nitrogen and oxygen atoms in total. The van der Waals surface area contributed by atoms with Crippen molar-refractivity contribution in [3.8, 4) is 0 Å². The Labute approximate surface area is 129 Å². The molecule has 7 heteroatoms. The van der Waals surface area contributed by atoms with Gasteiger partial charge in [0.2, 0.25) is 0 Å². The highest BCUT2D eigenvalue weighted by molar-refractivity contribution is 9.10. The molecule has 0 spiro atoms. The first-order valence-corrected chi connectivity index (χ1v) is 7.09. The summed E-state index contributed by atoms with van der Waals surface area (Å²) in [6.45, 7) is 3.98. The quantitative estimate of drug-likeness (QED) is 0.848. The van der Waals surface area contributed by atoms with Crippen LogP contribution in [0.3, 0.4) is 0 Å². The van der Waals surface area contributed by atoms with Crippen LogP contribution in [-0.2, 0) is 0 Å². The fourth-order valence-corrected chi connectivity index (χ4v) is 2.76. The molecule has 0 atom stereocenters. The maximum atomic E-state index is 13.2. The van der Waals surface area contributed by atoms with E-state index in [0.29, 0.717) is 21.8 Å². The maximum absolute atomic E-state index is 13.2. The molecule has 2 aromatic rings. The Morgan fingerprint density at radius 1 is 1.35 bits per heavy atom. The van der Waals surface area contributed by atoms with Crippen molar-refractivity contribution < 1.29 is 4.39 Å². The lowest BCUT2D eigenvalue weighted by atomic mass is 10.0. The number of nitrogens with zero attached hydrogens (tertiary/aromatic N) is 2. The molecule has 0 aliphatic carbocycles. The van der Waals surface area contributed by atoms with E-state index in [4.69, 9.17) is 17.3 Å². The average molecular weight is 360 g/mol. The molecule has 1 aromatic carbocycles. The van der Waals surface area contributed by atoms with Gasteiger partial charge >= 0.3 is 0 Å². The van der Waals surface area contributed by atoms with Crippen LogP contribution in [0.2, 0.25) is 5.02 Å². The molecule has 3 N–H and O–H groups in total. The molecule has 20 heavy (non-hydrogen) atoms. The summed E-state index contributed by atoms with van der Waals surface area (Å²) in [5, 5.41) is 3.34. The van der Waals surface area contributed by atoms with Crippen LogP contribution in [0.1, 0.15) is 25.3 Å². The predicted molar refractivity (Wildman–Crippen MR) is 82.9 cm³/mol. The van der Waals surface area contributed by atoms with Crippen LogP contribution in [0.15, 0.2) is 22.9 Å². The fourth-order valence-electron chi connectivity index (χ4n) is 1.86. The Kier molecular flexibility index (Phi) is 4.45. The fraction of sp³-hybridized carbons (Fsp3) is 0.231. The average Bonchev–Trinajstić information content (AvgIpc) is 2.33. The van der Waals surface area contributed by atoms with Crippen LogP contribution >= 0.6 is 27.5 Å². The van der Waals surface area contributed by atoms with Crippen LogP contribution in [0.25, 0.3) is 0 Å². The molecular weight excluding hydrogens is 347 g/mol. The van der Waals surface area contributed by atoms with E-state index in [1.54, 1.807) is 0 Å². The van der Waals surface area contributed by atoms with Crippen molar-refractivity contribution in [2.45, 2.75) is 19.8 Å². The largest absolute Gasteiger partial charge is 0.383 e. The third-order valence-corrected chi connectivity index (χ3v) is 3.67. The van der Waals surface area contributed by atoms with Gasteiger partial charge in [-0.15, -0.1) is 0 Å². The summed E-state index contributed by atoms with van der Waals surface area (Å²) >= 11 is 9.32. The van der Waals surface area contributed by atoms with E-state index in [0.717, 1.165) is 5.56 Å². The van der Waals surface area contributed by atoms with Gasteiger partial charge in [0, 0.05) is 10.0 Å². The van der Waals surface area contributed by atoms with Gasteiger partial charge in [0.15, 0.2) is 0 Å². The van der Waals surface area contributed by atoms with Gasteiger partial charge in [0.25, 0.3) is 0 Å². The lowest BCUT2D eigenvalue weighted by Gasteiger charge is -2.16. The lowest BCUT2D eigenvalue weighted by molar-refractivity contribution is 0.627. The standard InChI is InChI=1S/C13H13BrClFN4/c1-6(2)10-12(17)18-5-19-13(10)20-11-8(14)3-7(16)4-9(11)15/h3-6H,1-2H3,(H3,17,18,19,20). The van der Waals surface area contributed by atoms with Crippen molar-refractivity contribution in [3.63, 3.8) is 0 Å². The van der Waals surface area contributed by atoms with Gasteiger partial charge < -0.3 is 11.1 Å². The number of anilines is 3. The van der Waals surface area contributed by atoms with E-state index in [1.165, 1.54) is 18.5 Å².